The molecule has 0 aliphatic carbocycles. The molecule has 1 atom stereocenters. The van der Waals surface area contributed by atoms with Gasteiger partial charge in [0.2, 0.25) is 11.8 Å². The van der Waals surface area contributed by atoms with E-state index in [4.69, 9.17) is 29.2 Å². The standard InChI is InChI=1S/C21H33N5O7/c1-17(27)25-20(16-29-2)21(28)23-15-18-3-5-19(6-4-18)33-14-13-32-12-11-31-10-9-30-8-7-24-26-22/h3-6,20H,7-16H2,1-2H3,(H,23,28)(H,25,27)/t20-/m0/s1. The van der Waals surface area contributed by atoms with Crippen LogP contribution in [0.3, 0.4) is 0 Å². The third kappa shape index (κ3) is 14.7. The number of carbonyl (C=O) groups is 2. The molecule has 12 nitrogen and oxygen atoms in total. The van der Waals surface area contributed by atoms with Crippen molar-refractivity contribution in [3.05, 3.63) is 40.3 Å². The number of amides is 2. The molecule has 0 aromatic heterocycles. The summed E-state index contributed by atoms with van der Waals surface area (Å²) >= 11 is 0. The fourth-order valence-electron chi connectivity index (χ4n) is 2.52. The first-order valence-corrected chi connectivity index (χ1v) is 10.6. The van der Waals surface area contributed by atoms with Crippen LogP contribution in [0.4, 0.5) is 0 Å². The van der Waals surface area contributed by atoms with Gasteiger partial charge in [-0.1, -0.05) is 17.2 Å². The van der Waals surface area contributed by atoms with Crippen molar-refractivity contribution >= 4 is 11.8 Å². The summed E-state index contributed by atoms with van der Waals surface area (Å²) in [7, 11) is 1.47. The summed E-state index contributed by atoms with van der Waals surface area (Å²) in [6, 6.07) is 6.59. The minimum atomic E-state index is -0.732. The number of benzene rings is 1. The maximum absolute atomic E-state index is 12.2. The molecule has 33 heavy (non-hydrogen) atoms. The van der Waals surface area contributed by atoms with Crippen molar-refractivity contribution in [3.8, 4) is 5.75 Å². The summed E-state index contributed by atoms with van der Waals surface area (Å²) in [5.41, 5.74) is 9.01. The number of nitrogens with zero attached hydrogens (tertiary/aromatic N) is 3. The van der Waals surface area contributed by atoms with Crippen LogP contribution in [0.1, 0.15) is 12.5 Å². The van der Waals surface area contributed by atoms with Crippen LogP contribution in [-0.2, 0) is 35.1 Å². The molecule has 1 aromatic rings. The SMILES string of the molecule is COC[C@H](NC(C)=O)C(=O)NCc1ccc(OCCOCCOCCOCCN=[N+]=[N-])cc1. The number of ether oxygens (including phenoxy) is 5. The number of hydrogen-bond acceptors (Lipinski definition) is 8. The van der Waals surface area contributed by atoms with E-state index in [1.807, 2.05) is 24.3 Å². The van der Waals surface area contributed by atoms with Gasteiger partial charge >= 0.3 is 0 Å². The lowest BCUT2D eigenvalue weighted by Crippen LogP contribution is -2.48. The molecule has 0 heterocycles. The molecule has 0 fully saturated rings. The molecule has 0 radical (unpaired) electrons. The molecule has 2 amide bonds. The van der Waals surface area contributed by atoms with Gasteiger partial charge in [-0.15, -0.1) is 0 Å². The second-order valence-electron chi connectivity index (χ2n) is 6.71. The zero-order valence-corrected chi connectivity index (χ0v) is 19.2. The number of hydrogen-bond donors (Lipinski definition) is 2. The van der Waals surface area contributed by atoms with Gasteiger partial charge in [0.15, 0.2) is 0 Å². The highest BCUT2D eigenvalue weighted by Crippen LogP contribution is 2.12. The van der Waals surface area contributed by atoms with Gasteiger partial charge in [-0.3, -0.25) is 9.59 Å². The summed E-state index contributed by atoms with van der Waals surface area (Å²) in [6.45, 7) is 5.07. The third-order valence-corrected chi connectivity index (χ3v) is 4.06. The molecule has 0 aliphatic heterocycles. The maximum atomic E-state index is 12.2. The Hall–Kier alpha value is -2.89. The van der Waals surface area contributed by atoms with E-state index in [1.54, 1.807) is 0 Å². The van der Waals surface area contributed by atoms with E-state index >= 15 is 0 Å². The summed E-state index contributed by atoms with van der Waals surface area (Å²) in [5.74, 6) is 0.0832. The molecule has 0 saturated carbocycles. The van der Waals surface area contributed by atoms with Crippen LogP contribution >= 0.6 is 0 Å². The number of rotatable bonds is 19. The highest BCUT2D eigenvalue weighted by Gasteiger charge is 2.18. The Morgan fingerprint density at radius 3 is 2.18 bits per heavy atom. The van der Waals surface area contributed by atoms with Crippen LogP contribution in [0.15, 0.2) is 29.4 Å². The fourth-order valence-corrected chi connectivity index (χ4v) is 2.52. The number of nitrogens with one attached hydrogen (secondary N) is 2. The summed E-state index contributed by atoms with van der Waals surface area (Å²) in [5, 5.41) is 8.68. The molecular formula is C21H33N5O7. The van der Waals surface area contributed by atoms with E-state index < -0.39 is 6.04 Å². The molecular weight excluding hydrogens is 434 g/mol. The van der Waals surface area contributed by atoms with Crippen molar-refractivity contribution in [1.29, 1.82) is 0 Å². The molecule has 2 N–H and O–H groups in total. The Morgan fingerprint density at radius 2 is 1.61 bits per heavy atom. The number of methoxy groups -OCH3 is 1. The Balaban J connectivity index is 2.11. The minimum absolute atomic E-state index is 0.0982. The predicted octanol–water partition coefficient (Wildman–Crippen LogP) is 1.19. The van der Waals surface area contributed by atoms with Gasteiger partial charge in [-0.25, -0.2) is 0 Å². The van der Waals surface area contributed by atoms with Crippen molar-refractivity contribution in [2.45, 2.75) is 19.5 Å². The third-order valence-electron chi connectivity index (χ3n) is 4.06. The summed E-state index contributed by atoms with van der Waals surface area (Å²) < 4.78 is 26.6. The van der Waals surface area contributed by atoms with E-state index in [0.29, 0.717) is 65.1 Å². The largest absolute Gasteiger partial charge is 0.491 e. The van der Waals surface area contributed by atoms with Crippen molar-refractivity contribution in [2.75, 3.05) is 66.5 Å². The molecule has 0 spiro atoms. The Morgan fingerprint density at radius 1 is 1.00 bits per heavy atom. The fraction of sp³-hybridized carbons (Fsp3) is 0.619. The van der Waals surface area contributed by atoms with Gasteiger partial charge in [0.1, 0.15) is 18.4 Å². The van der Waals surface area contributed by atoms with Crippen LogP contribution in [0.25, 0.3) is 10.4 Å². The van der Waals surface area contributed by atoms with Crippen molar-refractivity contribution in [3.63, 3.8) is 0 Å². The van der Waals surface area contributed by atoms with Gasteiger partial charge in [0.05, 0.1) is 46.2 Å². The molecule has 0 aliphatic rings. The monoisotopic (exact) mass is 467 g/mol. The first-order valence-electron chi connectivity index (χ1n) is 10.6. The van der Waals surface area contributed by atoms with E-state index in [1.165, 1.54) is 14.0 Å². The quantitative estimate of drug-likeness (QED) is 0.134. The molecule has 0 saturated heterocycles. The first kappa shape index (κ1) is 28.1. The maximum Gasteiger partial charge on any atom is 0.245 e. The lowest BCUT2D eigenvalue weighted by Gasteiger charge is -2.16. The molecule has 0 bridgehead atoms. The molecule has 0 unspecified atom stereocenters. The van der Waals surface area contributed by atoms with E-state index in [9.17, 15) is 9.59 Å². The summed E-state index contributed by atoms with van der Waals surface area (Å²) in [6.07, 6.45) is 0. The van der Waals surface area contributed by atoms with Crippen LogP contribution in [0.5, 0.6) is 5.75 Å². The highest BCUT2D eigenvalue weighted by atomic mass is 16.6. The molecule has 1 rings (SSSR count). The lowest BCUT2D eigenvalue weighted by molar-refractivity contribution is -0.129. The Bertz CT molecular complexity index is 726. The first-order chi connectivity index (χ1) is 16.1. The van der Waals surface area contributed by atoms with Gasteiger partial charge in [0, 0.05) is 32.0 Å². The Kier molecular flexibility index (Phi) is 15.9. The van der Waals surface area contributed by atoms with Crippen molar-refractivity contribution in [2.24, 2.45) is 5.11 Å². The number of azide groups is 1. The second kappa shape index (κ2) is 18.7. The molecule has 184 valence electrons. The zero-order valence-electron chi connectivity index (χ0n) is 19.2. The van der Waals surface area contributed by atoms with Gasteiger partial charge < -0.3 is 34.3 Å². The van der Waals surface area contributed by atoms with Crippen LogP contribution in [-0.4, -0.2) is 84.4 Å². The molecule has 1 aromatic carbocycles. The summed E-state index contributed by atoms with van der Waals surface area (Å²) in [4.78, 5) is 26.0. The highest BCUT2D eigenvalue weighted by molar-refractivity contribution is 5.86. The van der Waals surface area contributed by atoms with E-state index in [-0.39, 0.29) is 18.4 Å². The van der Waals surface area contributed by atoms with Gasteiger partial charge in [-0.2, -0.15) is 0 Å². The minimum Gasteiger partial charge on any atom is -0.491 e. The second-order valence-corrected chi connectivity index (χ2v) is 6.71. The van der Waals surface area contributed by atoms with Crippen LogP contribution < -0.4 is 15.4 Å². The normalized spacial score (nSPS) is 11.3. The average molecular weight is 468 g/mol. The lowest BCUT2D eigenvalue weighted by atomic mass is 10.2. The van der Waals surface area contributed by atoms with E-state index in [0.717, 1.165) is 5.56 Å². The van der Waals surface area contributed by atoms with Gasteiger partial charge in [-0.05, 0) is 23.2 Å². The van der Waals surface area contributed by atoms with Gasteiger partial charge in [0.25, 0.3) is 0 Å². The zero-order chi connectivity index (χ0) is 24.2. The predicted molar refractivity (Wildman–Crippen MR) is 120 cm³/mol. The molecule has 12 heteroatoms. The van der Waals surface area contributed by atoms with Crippen molar-refractivity contribution < 1.29 is 33.3 Å². The van der Waals surface area contributed by atoms with Crippen LogP contribution in [0.2, 0.25) is 0 Å². The van der Waals surface area contributed by atoms with Crippen LogP contribution in [0, 0.1) is 0 Å². The number of carbonyl (C=O) groups excluding carboxylic acids is 2. The topological polar surface area (TPSA) is 153 Å². The Labute approximate surface area is 193 Å². The van der Waals surface area contributed by atoms with E-state index in [2.05, 4.69) is 20.7 Å². The smallest absolute Gasteiger partial charge is 0.245 e. The average Bonchev–Trinajstić information content (AvgIpc) is 2.80. The van der Waals surface area contributed by atoms with Crippen molar-refractivity contribution in [1.82, 2.24) is 10.6 Å².